The third-order valence-corrected chi connectivity index (χ3v) is 0.864. The Balaban J connectivity index is 2.59. The van der Waals surface area contributed by atoms with Crippen molar-refractivity contribution in [1.82, 2.24) is 0 Å². The van der Waals surface area contributed by atoms with Crippen molar-refractivity contribution in [1.29, 1.82) is 0 Å². The Kier molecular flexibility index (Phi) is 1.38. The Morgan fingerprint density at radius 2 is 2.38 bits per heavy atom. The lowest BCUT2D eigenvalue weighted by Crippen LogP contribution is -3.13. The van der Waals surface area contributed by atoms with Crippen molar-refractivity contribution in [2.75, 3.05) is 0 Å². The van der Waals surface area contributed by atoms with Crippen LogP contribution in [0.4, 0.5) is 0 Å². The fourth-order valence-corrected chi connectivity index (χ4v) is 0.426. The normalized spacial score (nSPS) is 35.8. The van der Waals surface area contributed by atoms with Crippen molar-refractivity contribution < 1.29 is 15.4 Å². The van der Waals surface area contributed by atoms with Gasteiger partial charge in [-0.2, -0.15) is 0 Å². The van der Waals surface area contributed by atoms with E-state index in [0.29, 0.717) is 0 Å². The van der Waals surface area contributed by atoms with Crippen molar-refractivity contribution in [2.45, 2.75) is 6.23 Å². The van der Waals surface area contributed by atoms with Crippen molar-refractivity contribution in [3.63, 3.8) is 0 Å². The van der Waals surface area contributed by atoms with Gasteiger partial charge in [0.25, 0.3) is 0 Å². The second-order valence-corrected chi connectivity index (χ2v) is 1.49. The summed E-state index contributed by atoms with van der Waals surface area (Å²) < 4.78 is 0. The lowest BCUT2D eigenvalue weighted by atomic mass is 10.5. The fourth-order valence-electron chi connectivity index (χ4n) is 0.426. The minimum absolute atomic E-state index is 0.104. The number of nitrogens with one attached hydrogen (secondary N) is 1. The Labute approximate surface area is 46.3 Å². The number of nitrogens with zero attached hydrogens (tertiary/aromatic N) is 1. The van der Waals surface area contributed by atoms with Crippen LogP contribution in [0.2, 0.25) is 0 Å². The van der Waals surface area contributed by atoms with E-state index in [1.165, 1.54) is 18.6 Å². The molecule has 0 fully saturated rings. The Hall–Kier alpha value is -0.710. The maximum absolute atomic E-state index is 8.71. The molecule has 0 radical (unpaired) electrons. The van der Waals surface area contributed by atoms with Gasteiger partial charge in [-0.25, -0.2) is 10.2 Å². The maximum Gasteiger partial charge on any atom is 0.246 e. The highest BCUT2D eigenvalue weighted by Gasteiger charge is 2.13. The summed E-state index contributed by atoms with van der Waals surface area (Å²) in [6.45, 7) is 0. The van der Waals surface area contributed by atoms with Gasteiger partial charge < -0.3 is 5.11 Å². The molecule has 1 rings (SSSR count). The van der Waals surface area contributed by atoms with E-state index in [2.05, 4.69) is 4.99 Å². The van der Waals surface area contributed by atoms with Gasteiger partial charge in [0.1, 0.15) is 0 Å². The minimum Gasteiger partial charge on any atom is -0.339 e. The largest absolute Gasteiger partial charge is 0.339 e. The first-order valence-electron chi connectivity index (χ1n) is 2.24. The molecule has 0 saturated heterocycles. The summed E-state index contributed by atoms with van der Waals surface area (Å²) in [7, 11) is 0. The van der Waals surface area contributed by atoms with Gasteiger partial charge in [-0.1, -0.05) is 0 Å². The van der Waals surface area contributed by atoms with Gasteiger partial charge in [0.05, 0.1) is 0 Å². The summed E-state index contributed by atoms with van der Waals surface area (Å²) >= 11 is 0. The molecule has 2 atom stereocenters. The highest BCUT2D eigenvalue weighted by Crippen LogP contribution is 1.78. The molecule has 1 aliphatic heterocycles. The SMILES string of the molecule is OC1C=CN=C[NH+]1O. The van der Waals surface area contributed by atoms with Crippen molar-refractivity contribution in [2.24, 2.45) is 4.99 Å². The van der Waals surface area contributed by atoms with E-state index in [-0.39, 0.29) is 5.06 Å². The predicted molar refractivity (Wildman–Crippen MR) is 26.4 cm³/mol. The van der Waals surface area contributed by atoms with Gasteiger partial charge in [0.15, 0.2) is 0 Å². The van der Waals surface area contributed by atoms with Gasteiger partial charge >= 0.3 is 0 Å². The first-order valence-corrected chi connectivity index (χ1v) is 2.24. The van der Waals surface area contributed by atoms with Gasteiger partial charge in [-0.15, -0.1) is 5.06 Å². The van der Waals surface area contributed by atoms with Crippen LogP contribution in [-0.4, -0.2) is 22.9 Å². The number of aliphatic hydroxyl groups is 1. The number of hydroxylamine groups is 2. The first-order chi connectivity index (χ1) is 3.80. The van der Waals surface area contributed by atoms with Crippen LogP contribution in [0.1, 0.15) is 0 Å². The fraction of sp³-hybridized carbons (Fsp3) is 0.250. The van der Waals surface area contributed by atoms with Gasteiger partial charge in [-0.05, 0) is 0 Å². The molecule has 3 N–H and O–H groups in total. The molecule has 1 heterocycles. The van der Waals surface area contributed by atoms with E-state index in [1.807, 2.05) is 0 Å². The minimum atomic E-state index is -0.854. The second kappa shape index (κ2) is 2.04. The topological polar surface area (TPSA) is 57.3 Å². The second-order valence-electron chi connectivity index (χ2n) is 1.49. The zero-order chi connectivity index (χ0) is 5.98. The highest BCUT2D eigenvalue weighted by atomic mass is 16.5. The number of hydrogen-bond donors (Lipinski definition) is 3. The third kappa shape index (κ3) is 0.919. The van der Waals surface area contributed by atoms with Crippen LogP contribution < -0.4 is 5.06 Å². The number of aliphatic hydroxyl groups excluding tert-OH is 1. The monoisotopic (exact) mass is 115 g/mol. The Morgan fingerprint density at radius 1 is 1.62 bits per heavy atom. The van der Waals surface area contributed by atoms with Crippen molar-refractivity contribution in [3.8, 4) is 0 Å². The zero-order valence-corrected chi connectivity index (χ0v) is 4.15. The zero-order valence-electron chi connectivity index (χ0n) is 4.15. The summed E-state index contributed by atoms with van der Waals surface area (Å²) in [4.78, 5) is 3.56. The number of quaternary nitrogens is 1. The van der Waals surface area contributed by atoms with E-state index in [4.69, 9.17) is 10.3 Å². The molecule has 0 aromatic heterocycles. The van der Waals surface area contributed by atoms with Crippen LogP contribution in [0, 0.1) is 0 Å². The van der Waals surface area contributed by atoms with E-state index in [1.54, 1.807) is 0 Å². The van der Waals surface area contributed by atoms with E-state index >= 15 is 0 Å². The van der Waals surface area contributed by atoms with Crippen LogP contribution in [-0.2, 0) is 0 Å². The molecule has 0 aromatic carbocycles. The molecule has 4 heteroatoms. The summed E-state index contributed by atoms with van der Waals surface area (Å²) in [5.41, 5.74) is 0. The first kappa shape index (κ1) is 5.43. The number of hydrogen-bond acceptors (Lipinski definition) is 3. The summed E-state index contributed by atoms with van der Waals surface area (Å²) in [5.74, 6) is 0. The molecular formula is C4H7N2O2+. The molecular weight excluding hydrogens is 108 g/mol. The molecule has 2 unspecified atom stereocenters. The van der Waals surface area contributed by atoms with Gasteiger partial charge in [0, 0.05) is 12.3 Å². The lowest BCUT2D eigenvalue weighted by Gasteiger charge is -2.09. The van der Waals surface area contributed by atoms with Crippen LogP contribution >= 0.6 is 0 Å². The van der Waals surface area contributed by atoms with E-state index in [9.17, 15) is 0 Å². The molecule has 4 nitrogen and oxygen atoms in total. The van der Waals surface area contributed by atoms with Gasteiger partial charge in [0.2, 0.25) is 12.6 Å². The molecule has 8 heavy (non-hydrogen) atoms. The molecule has 0 spiro atoms. The average molecular weight is 115 g/mol. The average Bonchev–Trinajstić information content (AvgIpc) is 1.77. The van der Waals surface area contributed by atoms with E-state index in [0.717, 1.165) is 0 Å². The van der Waals surface area contributed by atoms with Crippen molar-refractivity contribution >= 4 is 6.34 Å². The van der Waals surface area contributed by atoms with Crippen LogP contribution in [0.15, 0.2) is 17.3 Å². The molecule has 1 aliphatic rings. The maximum atomic E-state index is 8.71. The molecule has 0 aromatic rings. The highest BCUT2D eigenvalue weighted by molar-refractivity contribution is 5.45. The van der Waals surface area contributed by atoms with Gasteiger partial charge in [-0.3, -0.25) is 0 Å². The van der Waals surface area contributed by atoms with Crippen LogP contribution in [0.25, 0.3) is 0 Å². The third-order valence-electron chi connectivity index (χ3n) is 0.864. The lowest BCUT2D eigenvalue weighted by molar-refractivity contribution is -1.04. The molecule has 44 valence electrons. The summed E-state index contributed by atoms with van der Waals surface area (Å²) in [6.07, 6.45) is 3.19. The van der Waals surface area contributed by atoms with E-state index < -0.39 is 6.23 Å². The number of aliphatic imine (C=N–C) groups is 1. The Morgan fingerprint density at radius 3 is 2.75 bits per heavy atom. The molecule has 0 amide bonds. The van der Waals surface area contributed by atoms with Crippen molar-refractivity contribution in [3.05, 3.63) is 12.3 Å². The smallest absolute Gasteiger partial charge is 0.246 e. The number of rotatable bonds is 0. The quantitative estimate of drug-likeness (QED) is 0.346. The predicted octanol–water partition coefficient (Wildman–Crippen LogP) is -1.87. The molecule has 0 aliphatic carbocycles. The summed E-state index contributed by atoms with van der Waals surface area (Å²) in [5, 5.41) is 17.3. The van der Waals surface area contributed by atoms with Crippen LogP contribution in [0.5, 0.6) is 0 Å². The standard InChI is InChI=1S/C4H6N2O2/c7-4-1-2-5-3-6(4)8/h1-4,7-8H/p+1. The Bertz CT molecular complexity index is 116. The summed E-state index contributed by atoms with van der Waals surface area (Å²) in [6, 6.07) is 0. The molecule has 0 bridgehead atoms. The molecule has 0 saturated carbocycles. The van der Waals surface area contributed by atoms with Crippen LogP contribution in [0.3, 0.4) is 0 Å².